The molecule has 0 aromatic carbocycles. The van der Waals surface area contributed by atoms with Crippen LogP contribution in [0.4, 0.5) is 5.82 Å². The monoisotopic (exact) mass is 220 g/mol. The minimum atomic E-state index is 0.00256. The van der Waals surface area contributed by atoms with Crippen LogP contribution in [-0.2, 0) is 4.74 Å². The quantitative estimate of drug-likeness (QED) is 0.565. The van der Waals surface area contributed by atoms with E-state index in [4.69, 9.17) is 15.9 Å². The summed E-state index contributed by atoms with van der Waals surface area (Å²) in [5.41, 5.74) is 5.95. The summed E-state index contributed by atoms with van der Waals surface area (Å²) in [6.07, 6.45) is 0. The first kappa shape index (κ1) is 10.9. The molecule has 0 bridgehead atoms. The van der Waals surface area contributed by atoms with E-state index in [2.05, 4.69) is 16.8 Å². The number of aromatic nitrogens is 1. The molecule has 5 heteroatoms. The van der Waals surface area contributed by atoms with Gasteiger partial charge in [0.15, 0.2) is 0 Å². The third-order valence-corrected chi connectivity index (χ3v) is 2.67. The van der Waals surface area contributed by atoms with Crippen LogP contribution in [0.2, 0.25) is 0 Å². The van der Waals surface area contributed by atoms with E-state index in [1.807, 2.05) is 12.1 Å². The Balaban J connectivity index is 2.25. The van der Waals surface area contributed by atoms with Gasteiger partial charge in [0.2, 0.25) is 0 Å². The van der Waals surface area contributed by atoms with Crippen molar-refractivity contribution in [2.24, 2.45) is 5.73 Å². The van der Waals surface area contributed by atoms with Crippen molar-refractivity contribution >= 4 is 11.7 Å². The van der Waals surface area contributed by atoms with Gasteiger partial charge in [-0.3, -0.25) is 5.41 Å². The highest BCUT2D eigenvalue weighted by Crippen LogP contribution is 2.17. The molecule has 1 aliphatic heterocycles. The van der Waals surface area contributed by atoms with E-state index >= 15 is 0 Å². The van der Waals surface area contributed by atoms with E-state index in [1.54, 1.807) is 6.07 Å². The zero-order chi connectivity index (χ0) is 11.5. The van der Waals surface area contributed by atoms with Gasteiger partial charge < -0.3 is 15.4 Å². The Morgan fingerprint density at radius 3 is 3.12 bits per heavy atom. The van der Waals surface area contributed by atoms with E-state index in [0.717, 1.165) is 19.0 Å². The fraction of sp³-hybridized carbons (Fsp3) is 0.455. The van der Waals surface area contributed by atoms with Crippen LogP contribution in [-0.4, -0.2) is 36.6 Å². The number of nitrogens with zero attached hydrogens (tertiary/aromatic N) is 2. The Morgan fingerprint density at radius 2 is 2.44 bits per heavy atom. The number of nitrogens with one attached hydrogen (secondary N) is 1. The topological polar surface area (TPSA) is 75.2 Å². The molecule has 16 heavy (non-hydrogen) atoms. The van der Waals surface area contributed by atoms with E-state index < -0.39 is 0 Å². The SMILES string of the molecule is CC1COCCN1c1cccc(C(=N)N)n1. The zero-order valence-corrected chi connectivity index (χ0v) is 9.31. The normalized spacial score (nSPS) is 20.8. The van der Waals surface area contributed by atoms with Crippen LogP contribution >= 0.6 is 0 Å². The Labute approximate surface area is 94.7 Å². The zero-order valence-electron chi connectivity index (χ0n) is 9.31. The second-order valence-electron chi connectivity index (χ2n) is 3.91. The molecule has 0 spiro atoms. The van der Waals surface area contributed by atoms with Crippen LogP contribution in [0.1, 0.15) is 12.6 Å². The fourth-order valence-electron chi connectivity index (χ4n) is 1.80. The molecule has 1 aliphatic rings. The molecule has 1 saturated heterocycles. The lowest BCUT2D eigenvalue weighted by Crippen LogP contribution is -2.44. The van der Waals surface area contributed by atoms with Gasteiger partial charge in [0.25, 0.3) is 0 Å². The summed E-state index contributed by atoms with van der Waals surface area (Å²) in [4.78, 5) is 6.54. The van der Waals surface area contributed by atoms with Gasteiger partial charge in [0, 0.05) is 6.54 Å². The fourth-order valence-corrected chi connectivity index (χ4v) is 1.80. The number of rotatable bonds is 2. The van der Waals surface area contributed by atoms with Gasteiger partial charge in [-0.15, -0.1) is 0 Å². The molecule has 86 valence electrons. The predicted octanol–water partition coefficient (Wildman–Crippen LogP) is 0.591. The molecule has 0 saturated carbocycles. The molecule has 0 radical (unpaired) electrons. The van der Waals surface area contributed by atoms with Crippen LogP contribution in [0, 0.1) is 5.41 Å². The Kier molecular flexibility index (Phi) is 3.05. The number of morpholine rings is 1. The average molecular weight is 220 g/mol. The van der Waals surface area contributed by atoms with Crippen molar-refractivity contribution in [3.63, 3.8) is 0 Å². The molecule has 1 atom stereocenters. The number of anilines is 1. The molecule has 2 rings (SSSR count). The van der Waals surface area contributed by atoms with Crippen molar-refractivity contribution in [1.82, 2.24) is 4.98 Å². The highest BCUT2D eigenvalue weighted by Gasteiger charge is 2.20. The smallest absolute Gasteiger partial charge is 0.141 e. The number of hydrogen-bond donors (Lipinski definition) is 2. The number of amidine groups is 1. The first-order chi connectivity index (χ1) is 7.68. The molecule has 1 aromatic rings. The maximum atomic E-state index is 7.37. The van der Waals surface area contributed by atoms with Crippen LogP contribution in [0.5, 0.6) is 0 Å². The summed E-state index contributed by atoms with van der Waals surface area (Å²) in [7, 11) is 0. The standard InChI is InChI=1S/C11H16N4O/c1-8-7-16-6-5-15(8)10-4-2-3-9(14-10)11(12)13/h2-4,8H,5-7H2,1H3,(H3,12,13). The van der Waals surface area contributed by atoms with Gasteiger partial charge in [-0.25, -0.2) is 4.98 Å². The maximum Gasteiger partial charge on any atom is 0.141 e. The lowest BCUT2D eigenvalue weighted by molar-refractivity contribution is 0.0985. The third kappa shape index (κ3) is 2.14. The lowest BCUT2D eigenvalue weighted by Gasteiger charge is -2.34. The molecule has 0 aliphatic carbocycles. The van der Waals surface area contributed by atoms with Crippen LogP contribution in [0.3, 0.4) is 0 Å². The van der Waals surface area contributed by atoms with Crippen molar-refractivity contribution < 1.29 is 4.74 Å². The summed E-state index contributed by atoms with van der Waals surface area (Å²) < 4.78 is 5.37. The summed E-state index contributed by atoms with van der Waals surface area (Å²) in [5, 5.41) is 7.37. The van der Waals surface area contributed by atoms with Crippen LogP contribution in [0.15, 0.2) is 18.2 Å². The van der Waals surface area contributed by atoms with Crippen LogP contribution < -0.4 is 10.6 Å². The van der Waals surface area contributed by atoms with E-state index in [0.29, 0.717) is 18.3 Å². The van der Waals surface area contributed by atoms with Crippen molar-refractivity contribution in [3.8, 4) is 0 Å². The van der Waals surface area contributed by atoms with Crippen molar-refractivity contribution in [1.29, 1.82) is 5.41 Å². The molecule has 5 nitrogen and oxygen atoms in total. The van der Waals surface area contributed by atoms with Gasteiger partial charge in [-0.05, 0) is 19.1 Å². The molecular formula is C11H16N4O. The first-order valence-electron chi connectivity index (χ1n) is 5.34. The number of hydrogen-bond acceptors (Lipinski definition) is 4. The van der Waals surface area contributed by atoms with E-state index in [-0.39, 0.29) is 5.84 Å². The van der Waals surface area contributed by atoms with Crippen molar-refractivity contribution in [2.75, 3.05) is 24.7 Å². The summed E-state index contributed by atoms with van der Waals surface area (Å²) >= 11 is 0. The largest absolute Gasteiger partial charge is 0.382 e. The Hall–Kier alpha value is -1.62. The number of ether oxygens (including phenoxy) is 1. The number of nitrogen functional groups attached to an aromatic ring is 1. The Bertz CT molecular complexity index is 393. The highest BCUT2D eigenvalue weighted by atomic mass is 16.5. The minimum absolute atomic E-state index is 0.00256. The van der Waals surface area contributed by atoms with Gasteiger partial charge in [-0.1, -0.05) is 6.07 Å². The highest BCUT2D eigenvalue weighted by molar-refractivity contribution is 5.93. The molecule has 0 amide bonds. The van der Waals surface area contributed by atoms with Crippen molar-refractivity contribution in [3.05, 3.63) is 23.9 Å². The van der Waals surface area contributed by atoms with E-state index in [9.17, 15) is 0 Å². The summed E-state index contributed by atoms with van der Waals surface area (Å²) in [6.45, 7) is 4.36. The maximum absolute atomic E-state index is 7.37. The van der Waals surface area contributed by atoms with Gasteiger partial charge in [0.1, 0.15) is 17.3 Å². The molecule has 3 N–H and O–H groups in total. The molecule has 1 fully saturated rings. The van der Waals surface area contributed by atoms with Gasteiger partial charge in [-0.2, -0.15) is 0 Å². The van der Waals surface area contributed by atoms with Gasteiger partial charge >= 0.3 is 0 Å². The van der Waals surface area contributed by atoms with Crippen LogP contribution in [0.25, 0.3) is 0 Å². The number of pyridine rings is 1. The molecule has 1 aromatic heterocycles. The molecular weight excluding hydrogens is 204 g/mol. The summed E-state index contributed by atoms with van der Waals surface area (Å²) in [6, 6.07) is 5.87. The lowest BCUT2D eigenvalue weighted by atomic mass is 10.2. The first-order valence-corrected chi connectivity index (χ1v) is 5.34. The van der Waals surface area contributed by atoms with E-state index in [1.165, 1.54) is 0 Å². The van der Waals surface area contributed by atoms with Gasteiger partial charge in [0.05, 0.1) is 19.3 Å². The minimum Gasteiger partial charge on any atom is -0.382 e. The van der Waals surface area contributed by atoms with Crippen molar-refractivity contribution in [2.45, 2.75) is 13.0 Å². The Morgan fingerprint density at radius 1 is 1.62 bits per heavy atom. The third-order valence-electron chi connectivity index (χ3n) is 2.67. The predicted molar refractivity (Wildman–Crippen MR) is 62.9 cm³/mol. The summed E-state index contributed by atoms with van der Waals surface area (Å²) in [5.74, 6) is 0.867. The second kappa shape index (κ2) is 4.49. The number of nitrogens with two attached hydrogens (primary N) is 1. The molecule has 2 heterocycles. The second-order valence-corrected chi connectivity index (χ2v) is 3.91. The molecule has 1 unspecified atom stereocenters. The average Bonchev–Trinajstić information content (AvgIpc) is 2.30.